The van der Waals surface area contributed by atoms with Gasteiger partial charge in [-0.05, 0) is 97.5 Å². The monoisotopic (exact) mass is 770 g/mol. The second kappa shape index (κ2) is 16.6. The normalized spacial score (nSPS) is 11.8. The van der Waals surface area contributed by atoms with Crippen LogP contribution < -0.4 is 20.1 Å². The van der Waals surface area contributed by atoms with E-state index in [-0.39, 0.29) is 21.6 Å². The SMILES string of the molecule is CC(=O)NCCc1cn(S(=O)(=O)c2ccccc2)c2ccc(OCCCCOc3ccc4c(c3)c(CCNC(C)=O)cn4S(=O)(=O)c3ccccc3)cc12. The van der Waals surface area contributed by atoms with Gasteiger partial charge in [-0.15, -0.1) is 0 Å². The third-order valence-electron chi connectivity index (χ3n) is 8.86. The number of aromatic nitrogens is 2. The summed E-state index contributed by atoms with van der Waals surface area (Å²) in [7, 11) is -7.71. The third kappa shape index (κ3) is 8.61. The van der Waals surface area contributed by atoms with Crippen molar-refractivity contribution in [2.24, 2.45) is 0 Å². The predicted molar refractivity (Wildman–Crippen MR) is 207 cm³/mol. The first-order chi connectivity index (χ1) is 25.9. The van der Waals surface area contributed by atoms with Crippen LogP contribution in [0.15, 0.2) is 119 Å². The van der Waals surface area contributed by atoms with E-state index in [1.54, 1.807) is 97.3 Å². The molecule has 6 rings (SSSR count). The summed E-state index contributed by atoms with van der Waals surface area (Å²) in [5.74, 6) is 0.847. The van der Waals surface area contributed by atoms with Gasteiger partial charge in [0.2, 0.25) is 11.8 Å². The molecule has 0 fully saturated rings. The molecule has 0 aliphatic rings. The van der Waals surface area contributed by atoms with Crippen LogP contribution in [0.25, 0.3) is 21.8 Å². The van der Waals surface area contributed by atoms with E-state index in [1.807, 2.05) is 12.1 Å². The summed E-state index contributed by atoms with van der Waals surface area (Å²) in [5.41, 5.74) is 2.56. The molecule has 0 atom stereocenters. The van der Waals surface area contributed by atoms with Crippen molar-refractivity contribution in [3.8, 4) is 11.5 Å². The average Bonchev–Trinajstić information content (AvgIpc) is 3.72. The van der Waals surface area contributed by atoms with Crippen molar-refractivity contribution in [1.82, 2.24) is 18.6 Å². The fraction of sp³-hybridized carbons (Fsp3) is 0.250. The maximum Gasteiger partial charge on any atom is 0.268 e. The van der Waals surface area contributed by atoms with Gasteiger partial charge >= 0.3 is 0 Å². The number of hydrogen-bond acceptors (Lipinski definition) is 8. The second-order valence-corrected chi connectivity index (χ2v) is 16.4. The Balaban J connectivity index is 1.11. The smallest absolute Gasteiger partial charge is 0.268 e. The number of rotatable bonds is 17. The van der Waals surface area contributed by atoms with Gasteiger partial charge in [-0.3, -0.25) is 9.59 Å². The van der Waals surface area contributed by atoms with Crippen LogP contribution >= 0.6 is 0 Å². The highest BCUT2D eigenvalue weighted by atomic mass is 32.2. The first kappa shape index (κ1) is 38.1. The fourth-order valence-electron chi connectivity index (χ4n) is 6.21. The summed E-state index contributed by atoms with van der Waals surface area (Å²) in [5, 5.41) is 6.99. The number of carbonyl (C=O) groups is 2. The molecule has 0 spiro atoms. The van der Waals surface area contributed by atoms with Crippen LogP contribution in [0.3, 0.4) is 0 Å². The summed E-state index contributed by atoms with van der Waals surface area (Å²) in [6.45, 7) is 4.37. The number of ether oxygens (including phenoxy) is 2. The zero-order valence-corrected chi connectivity index (χ0v) is 31.7. The van der Waals surface area contributed by atoms with Crippen LogP contribution in [0.5, 0.6) is 11.5 Å². The van der Waals surface area contributed by atoms with E-state index < -0.39 is 20.0 Å². The molecule has 2 aromatic heterocycles. The van der Waals surface area contributed by atoms with Crippen molar-refractivity contribution >= 4 is 53.7 Å². The lowest BCUT2D eigenvalue weighted by Gasteiger charge is -2.10. The van der Waals surface area contributed by atoms with Gasteiger partial charge in [-0.2, -0.15) is 0 Å². The Labute approximate surface area is 314 Å². The van der Waals surface area contributed by atoms with Crippen LogP contribution in [0.4, 0.5) is 0 Å². The maximum absolute atomic E-state index is 13.6. The van der Waals surface area contributed by atoms with Crippen molar-refractivity contribution in [1.29, 1.82) is 0 Å². The lowest BCUT2D eigenvalue weighted by Crippen LogP contribution is -2.22. The number of hydrogen-bond donors (Lipinski definition) is 2. The van der Waals surface area contributed by atoms with Gasteiger partial charge in [-0.1, -0.05) is 36.4 Å². The average molecular weight is 771 g/mol. The standard InChI is InChI=1S/C40H42N4O8S2/c1-29(45)41-21-19-31-27-43(53(47,48)35-11-5-3-6-12-35)39-17-15-33(25-37(31)39)51-23-9-10-24-52-34-16-18-40-38(26-34)32(20-22-42-30(2)46)28-44(40)54(49,50)36-13-7-4-8-14-36/h3-8,11-18,25-28H,9-10,19-24H2,1-2H3,(H,41,45)(H,42,46). The molecule has 0 saturated carbocycles. The Kier molecular flexibility index (Phi) is 11.7. The summed E-state index contributed by atoms with van der Waals surface area (Å²) in [6.07, 6.45) is 5.43. The van der Waals surface area contributed by atoms with Crippen LogP contribution in [0, 0.1) is 0 Å². The quantitative estimate of drug-likeness (QED) is 0.113. The molecule has 6 aromatic rings. The van der Waals surface area contributed by atoms with E-state index in [1.165, 1.54) is 21.8 Å². The summed E-state index contributed by atoms with van der Waals surface area (Å²) in [6, 6.07) is 27.1. The van der Waals surface area contributed by atoms with Gasteiger partial charge in [0, 0.05) is 50.1 Å². The number of benzene rings is 4. The Morgan fingerprint density at radius 1 is 0.574 bits per heavy atom. The molecule has 0 aliphatic heterocycles. The Bertz CT molecular complexity index is 2320. The molecule has 2 N–H and O–H groups in total. The molecule has 0 radical (unpaired) electrons. The Hall–Kier alpha value is -5.60. The van der Waals surface area contributed by atoms with Gasteiger partial charge in [0.15, 0.2) is 0 Å². The summed E-state index contributed by atoms with van der Waals surface area (Å²) in [4.78, 5) is 23.3. The fourth-order valence-corrected chi connectivity index (χ4v) is 9.03. The number of nitrogens with one attached hydrogen (secondary N) is 2. The van der Waals surface area contributed by atoms with Gasteiger partial charge in [0.05, 0.1) is 34.0 Å². The number of unbranched alkanes of at least 4 members (excludes halogenated alkanes) is 1. The highest BCUT2D eigenvalue weighted by Gasteiger charge is 2.23. The Morgan fingerprint density at radius 2 is 0.963 bits per heavy atom. The zero-order valence-electron chi connectivity index (χ0n) is 30.0. The largest absolute Gasteiger partial charge is 0.494 e. The zero-order chi connectivity index (χ0) is 38.3. The number of amides is 2. The first-order valence-electron chi connectivity index (χ1n) is 17.6. The van der Waals surface area contributed by atoms with Gasteiger partial charge < -0.3 is 20.1 Å². The number of fused-ring (bicyclic) bond motifs is 2. The highest BCUT2D eigenvalue weighted by Crippen LogP contribution is 2.31. The minimum atomic E-state index is -3.86. The summed E-state index contributed by atoms with van der Waals surface area (Å²) >= 11 is 0. The van der Waals surface area contributed by atoms with Crippen molar-refractivity contribution in [3.63, 3.8) is 0 Å². The molecule has 0 bridgehead atoms. The minimum Gasteiger partial charge on any atom is -0.494 e. The molecular weight excluding hydrogens is 729 g/mol. The first-order valence-corrected chi connectivity index (χ1v) is 20.5. The Morgan fingerprint density at radius 3 is 1.33 bits per heavy atom. The molecule has 0 unspecified atom stereocenters. The summed E-state index contributed by atoms with van der Waals surface area (Å²) < 4.78 is 68.9. The third-order valence-corrected chi connectivity index (χ3v) is 12.2. The van der Waals surface area contributed by atoms with E-state index in [4.69, 9.17) is 9.47 Å². The number of nitrogens with zero attached hydrogens (tertiary/aromatic N) is 2. The van der Waals surface area contributed by atoms with E-state index in [2.05, 4.69) is 10.6 Å². The maximum atomic E-state index is 13.6. The van der Waals surface area contributed by atoms with Crippen LogP contribution in [-0.4, -0.2) is 62.9 Å². The molecular formula is C40H42N4O8S2. The van der Waals surface area contributed by atoms with Gasteiger partial charge in [-0.25, -0.2) is 24.8 Å². The van der Waals surface area contributed by atoms with Crippen molar-refractivity contribution < 1.29 is 35.9 Å². The van der Waals surface area contributed by atoms with Crippen molar-refractivity contribution in [2.75, 3.05) is 26.3 Å². The van der Waals surface area contributed by atoms with E-state index in [0.29, 0.717) is 74.5 Å². The molecule has 2 heterocycles. The number of carbonyl (C=O) groups excluding carboxylic acids is 2. The molecule has 4 aromatic carbocycles. The van der Waals surface area contributed by atoms with Crippen LogP contribution in [-0.2, 0) is 42.5 Å². The molecule has 0 saturated heterocycles. The van der Waals surface area contributed by atoms with Crippen molar-refractivity contribution in [2.45, 2.75) is 49.3 Å². The predicted octanol–water partition coefficient (Wildman–Crippen LogP) is 5.67. The molecule has 14 heteroatoms. The molecule has 2 amide bonds. The minimum absolute atomic E-state index is 0.166. The van der Waals surface area contributed by atoms with Crippen LogP contribution in [0.2, 0.25) is 0 Å². The molecule has 0 aliphatic carbocycles. The van der Waals surface area contributed by atoms with Crippen molar-refractivity contribution in [3.05, 3.63) is 121 Å². The van der Waals surface area contributed by atoms with E-state index >= 15 is 0 Å². The van der Waals surface area contributed by atoms with E-state index in [9.17, 15) is 26.4 Å². The molecule has 12 nitrogen and oxygen atoms in total. The lowest BCUT2D eigenvalue weighted by molar-refractivity contribution is -0.119. The van der Waals surface area contributed by atoms with Crippen LogP contribution in [0.1, 0.15) is 37.8 Å². The van der Waals surface area contributed by atoms with Gasteiger partial charge in [0.1, 0.15) is 11.5 Å². The molecule has 54 heavy (non-hydrogen) atoms. The van der Waals surface area contributed by atoms with E-state index in [0.717, 1.165) is 21.9 Å². The highest BCUT2D eigenvalue weighted by molar-refractivity contribution is 7.90. The molecule has 282 valence electrons. The second-order valence-electron chi connectivity index (χ2n) is 12.8. The lowest BCUT2D eigenvalue weighted by atomic mass is 10.1. The van der Waals surface area contributed by atoms with Gasteiger partial charge in [0.25, 0.3) is 20.0 Å². The topological polar surface area (TPSA) is 155 Å².